The van der Waals surface area contributed by atoms with Crippen LogP contribution in [0.5, 0.6) is 0 Å². The first-order valence-electron chi connectivity index (χ1n) is 11.7. The molecule has 196 valence electrons. The van der Waals surface area contributed by atoms with E-state index in [1.165, 1.54) is 36.4 Å². The number of nitrogens with one attached hydrogen (secondary N) is 1. The number of nitrogens with zero attached hydrogens (tertiary/aromatic N) is 2. The van der Waals surface area contributed by atoms with Crippen molar-refractivity contribution in [1.29, 1.82) is 0 Å². The van der Waals surface area contributed by atoms with Crippen molar-refractivity contribution in [2.24, 2.45) is 0 Å². The fraction of sp³-hybridized carbons (Fsp3) is 0.222. The first kappa shape index (κ1) is 26.1. The van der Waals surface area contributed by atoms with Crippen molar-refractivity contribution in [1.82, 2.24) is 10.1 Å². The van der Waals surface area contributed by atoms with Gasteiger partial charge in [0.25, 0.3) is 5.89 Å². The molecule has 0 saturated heterocycles. The molecular weight excluding hydrogens is 536 g/mol. The fourth-order valence-electron chi connectivity index (χ4n) is 4.35. The number of halogens is 3. The number of benzene rings is 3. The molecule has 1 saturated carbocycles. The van der Waals surface area contributed by atoms with Crippen LogP contribution in [0.15, 0.2) is 65.2 Å². The van der Waals surface area contributed by atoms with E-state index in [0.717, 1.165) is 0 Å². The minimum absolute atomic E-state index is 0.0246. The van der Waals surface area contributed by atoms with Gasteiger partial charge in [0, 0.05) is 21.8 Å². The third kappa shape index (κ3) is 5.24. The van der Waals surface area contributed by atoms with E-state index in [2.05, 4.69) is 15.5 Å². The quantitative estimate of drug-likeness (QED) is 0.249. The molecule has 4 aromatic rings. The highest BCUT2D eigenvalue weighted by Crippen LogP contribution is 2.55. The van der Waals surface area contributed by atoms with Crippen LogP contribution in [0.25, 0.3) is 11.5 Å². The topological polar surface area (TPSA) is 105 Å². The molecule has 1 amide bonds. The predicted molar refractivity (Wildman–Crippen MR) is 139 cm³/mol. The summed E-state index contributed by atoms with van der Waals surface area (Å²) in [4.78, 5) is 17.0. The number of hydrogen-bond acceptors (Lipinski definition) is 5. The average Bonchev–Trinajstić information content (AvgIpc) is 3.50. The van der Waals surface area contributed by atoms with E-state index in [-0.39, 0.29) is 40.3 Å². The summed E-state index contributed by atoms with van der Waals surface area (Å²) in [6.45, 7) is 1.63. The standard InChI is InChI=1S/C27H22ClF2N3O4S/c1-15(38(35)36)17-4-2-16(3-5-17)12-23(34)31-20-13-21(28)24(22(30)14-20)27(10-11-27)26-32-25(37-33-26)18-6-8-19(29)9-7-18/h2-9,13-15H,10-12H2,1H3,(H,31,34)(H,35,36). The molecule has 0 spiro atoms. The molecule has 2 atom stereocenters. The predicted octanol–water partition coefficient (Wildman–Crippen LogP) is 6.21. The Balaban J connectivity index is 1.31. The van der Waals surface area contributed by atoms with E-state index >= 15 is 4.39 Å². The van der Waals surface area contributed by atoms with Gasteiger partial charge < -0.3 is 14.4 Å². The summed E-state index contributed by atoms with van der Waals surface area (Å²) in [6.07, 6.45) is 1.16. The largest absolute Gasteiger partial charge is 0.334 e. The minimum Gasteiger partial charge on any atom is -0.334 e. The van der Waals surface area contributed by atoms with Crippen LogP contribution in [0, 0.1) is 11.6 Å². The third-order valence-corrected chi connectivity index (χ3v) is 7.79. The Labute approximate surface area is 224 Å². The van der Waals surface area contributed by atoms with Gasteiger partial charge in [-0.05, 0) is 67.3 Å². The zero-order chi connectivity index (χ0) is 27.0. The van der Waals surface area contributed by atoms with Crippen LogP contribution < -0.4 is 5.32 Å². The second-order valence-corrected chi connectivity index (χ2v) is 10.9. The fourth-order valence-corrected chi connectivity index (χ4v) is 5.13. The molecule has 1 aliphatic rings. The van der Waals surface area contributed by atoms with E-state index in [1.807, 2.05) is 0 Å². The van der Waals surface area contributed by atoms with Crippen molar-refractivity contribution in [2.75, 3.05) is 5.32 Å². The molecule has 1 aromatic heterocycles. The molecule has 0 bridgehead atoms. The van der Waals surface area contributed by atoms with Crippen LogP contribution in [0.1, 0.15) is 47.5 Å². The molecular formula is C27H22ClF2N3O4S. The highest BCUT2D eigenvalue weighted by atomic mass is 35.5. The van der Waals surface area contributed by atoms with Crippen molar-refractivity contribution in [3.05, 3.63) is 99.8 Å². The highest BCUT2D eigenvalue weighted by molar-refractivity contribution is 7.79. The molecule has 38 heavy (non-hydrogen) atoms. The molecule has 3 aromatic carbocycles. The van der Waals surface area contributed by atoms with Gasteiger partial charge in [0.2, 0.25) is 5.91 Å². The van der Waals surface area contributed by atoms with Gasteiger partial charge in [0.1, 0.15) is 11.6 Å². The van der Waals surface area contributed by atoms with Crippen molar-refractivity contribution >= 4 is 34.3 Å². The molecule has 0 radical (unpaired) electrons. The Kier molecular flexibility index (Phi) is 7.13. The van der Waals surface area contributed by atoms with Gasteiger partial charge in [-0.1, -0.05) is 41.0 Å². The van der Waals surface area contributed by atoms with Gasteiger partial charge in [0.05, 0.1) is 17.1 Å². The van der Waals surface area contributed by atoms with E-state index < -0.39 is 33.4 Å². The van der Waals surface area contributed by atoms with Gasteiger partial charge in [0.15, 0.2) is 16.9 Å². The summed E-state index contributed by atoms with van der Waals surface area (Å²) in [5, 5.41) is 6.29. The van der Waals surface area contributed by atoms with Crippen molar-refractivity contribution < 1.29 is 26.9 Å². The summed E-state index contributed by atoms with van der Waals surface area (Å²) < 4.78 is 54.4. The average molecular weight is 558 g/mol. The number of aromatic nitrogens is 2. The summed E-state index contributed by atoms with van der Waals surface area (Å²) in [5.74, 6) is -0.884. The SMILES string of the molecule is CC(c1ccc(CC(=O)Nc2cc(F)c(C3(c4noc(-c5ccc(F)cc5)n4)CC3)c(Cl)c2)cc1)S(=O)O. The number of carbonyl (C=O) groups excluding carboxylic acids is 1. The summed E-state index contributed by atoms with van der Waals surface area (Å²) in [5.41, 5.74) is 1.50. The van der Waals surface area contributed by atoms with Crippen LogP contribution in [0.4, 0.5) is 14.5 Å². The molecule has 2 N–H and O–H groups in total. The zero-order valence-corrected chi connectivity index (χ0v) is 21.7. The lowest BCUT2D eigenvalue weighted by atomic mass is 9.94. The Morgan fingerprint density at radius 1 is 1.16 bits per heavy atom. The first-order valence-corrected chi connectivity index (χ1v) is 13.3. The maximum Gasteiger partial charge on any atom is 0.257 e. The normalized spacial score (nSPS) is 15.6. The molecule has 1 fully saturated rings. The molecule has 2 unspecified atom stereocenters. The van der Waals surface area contributed by atoms with Gasteiger partial charge in [-0.25, -0.2) is 13.0 Å². The Morgan fingerprint density at radius 3 is 2.45 bits per heavy atom. The molecule has 11 heteroatoms. The van der Waals surface area contributed by atoms with Crippen LogP contribution in [0.2, 0.25) is 5.02 Å². The number of hydrogen-bond donors (Lipinski definition) is 2. The summed E-state index contributed by atoms with van der Waals surface area (Å²) in [7, 11) is 0. The van der Waals surface area contributed by atoms with Crippen molar-refractivity contribution in [3.8, 4) is 11.5 Å². The molecule has 7 nitrogen and oxygen atoms in total. The second-order valence-electron chi connectivity index (χ2n) is 9.21. The van der Waals surface area contributed by atoms with Gasteiger partial charge >= 0.3 is 0 Å². The van der Waals surface area contributed by atoms with Crippen molar-refractivity contribution in [2.45, 2.75) is 36.9 Å². The first-order chi connectivity index (χ1) is 18.2. The molecule has 1 aliphatic carbocycles. The lowest BCUT2D eigenvalue weighted by Gasteiger charge is -2.16. The summed E-state index contributed by atoms with van der Waals surface area (Å²) >= 11 is 4.51. The zero-order valence-electron chi connectivity index (χ0n) is 20.1. The van der Waals surface area contributed by atoms with Crippen LogP contribution in [0.3, 0.4) is 0 Å². The van der Waals surface area contributed by atoms with E-state index in [9.17, 15) is 17.9 Å². The molecule has 5 rings (SSSR count). The van der Waals surface area contributed by atoms with E-state index in [0.29, 0.717) is 29.5 Å². The lowest BCUT2D eigenvalue weighted by molar-refractivity contribution is -0.115. The van der Waals surface area contributed by atoms with Crippen LogP contribution >= 0.6 is 11.6 Å². The lowest BCUT2D eigenvalue weighted by Crippen LogP contribution is -2.17. The van der Waals surface area contributed by atoms with E-state index in [4.69, 9.17) is 16.1 Å². The Bertz CT molecular complexity index is 1500. The maximum absolute atomic E-state index is 15.4. The van der Waals surface area contributed by atoms with Crippen LogP contribution in [-0.4, -0.2) is 24.8 Å². The van der Waals surface area contributed by atoms with E-state index in [1.54, 1.807) is 31.2 Å². The number of carbonyl (C=O) groups is 1. The Morgan fingerprint density at radius 2 is 1.84 bits per heavy atom. The molecule has 1 heterocycles. The number of rotatable bonds is 8. The summed E-state index contributed by atoms with van der Waals surface area (Å²) in [6, 6.07) is 15.1. The van der Waals surface area contributed by atoms with Gasteiger partial charge in [-0.15, -0.1) is 0 Å². The maximum atomic E-state index is 15.4. The number of anilines is 1. The second kappa shape index (κ2) is 10.4. The van der Waals surface area contributed by atoms with Crippen molar-refractivity contribution in [3.63, 3.8) is 0 Å². The van der Waals surface area contributed by atoms with Crippen LogP contribution in [-0.2, 0) is 27.7 Å². The molecule has 0 aliphatic heterocycles. The van der Waals surface area contributed by atoms with Gasteiger partial charge in [-0.2, -0.15) is 4.98 Å². The minimum atomic E-state index is -1.99. The monoisotopic (exact) mass is 557 g/mol. The Hall–Kier alpha value is -3.47. The highest BCUT2D eigenvalue weighted by Gasteiger charge is 2.53. The van der Waals surface area contributed by atoms with Gasteiger partial charge in [-0.3, -0.25) is 4.79 Å². The third-order valence-electron chi connectivity index (χ3n) is 6.62. The smallest absolute Gasteiger partial charge is 0.257 e. The number of amides is 1.